The van der Waals surface area contributed by atoms with Crippen molar-refractivity contribution < 1.29 is 9.53 Å². The lowest BCUT2D eigenvalue weighted by molar-refractivity contribution is -0.117. The number of carbonyl (C=O) groups is 1. The van der Waals surface area contributed by atoms with Crippen LogP contribution < -0.4 is 16.1 Å². The number of nitrogens with one attached hydrogen (secondary N) is 1. The number of nitrogens with zero attached hydrogens (tertiary/aromatic N) is 4. The highest BCUT2D eigenvalue weighted by atomic mass is 32.1. The molecule has 1 aliphatic heterocycles. The molecule has 0 bridgehead atoms. The number of nitrogens with two attached hydrogens (primary N) is 1. The molecule has 1 aromatic heterocycles. The Hall–Kier alpha value is -3.17. The van der Waals surface area contributed by atoms with Crippen molar-refractivity contribution in [2.75, 3.05) is 37.7 Å². The molecule has 1 amide bonds. The highest BCUT2D eigenvalue weighted by Gasteiger charge is 2.20. The molecule has 0 aliphatic carbocycles. The molecule has 1 fully saturated rings. The Kier molecular flexibility index (Phi) is 10.5. The summed E-state index contributed by atoms with van der Waals surface area (Å²) in [4.78, 5) is 25.1. The zero-order valence-electron chi connectivity index (χ0n) is 21.3. The fraction of sp³-hybridized carbons (Fsp3) is 0.407. The first-order chi connectivity index (χ1) is 17.4. The first-order valence-electron chi connectivity index (χ1n) is 12.3. The molecule has 3 rings (SSSR count). The lowest BCUT2D eigenvalue weighted by Crippen LogP contribution is -2.37. The Morgan fingerprint density at radius 1 is 1.28 bits per heavy atom. The molecule has 192 valence electrons. The fourth-order valence-electron chi connectivity index (χ4n) is 3.85. The predicted molar refractivity (Wildman–Crippen MR) is 149 cm³/mol. The second-order valence-corrected chi connectivity index (χ2v) is 9.38. The summed E-state index contributed by atoms with van der Waals surface area (Å²) in [6, 6.07) is 7.71. The summed E-state index contributed by atoms with van der Waals surface area (Å²) in [6.07, 6.45) is 8.99. The monoisotopic (exact) mass is 508 g/mol. The summed E-state index contributed by atoms with van der Waals surface area (Å²) in [5.41, 5.74) is 3.12. The minimum atomic E-state index is -0.0405. The number of aromatic nitrogens is 2. The predicted octanol–water partition coefficient (Wildman–Crippen LogP) is 4.07. The van der Waals surface area contributed by atoms with Gasteiger partial charge in [0.15, 0.2) is 5.82 Å². The fourth-order valence-corrected chi connectivity index (χ4v) is 4.17. The number of rotatable bonds is 10. The summed E-state index contributed by atoms with van der Waals surface area (Å²) >= 11 is 4.78. The Morgan fingerprint density at radius 2 is 2.03 bits per heavy atom. The van der Waals surface area contributed by atoms with Crippen LogP contribution in [0.4, 0.5) is 5.82 Å². The zero-order chi connectivity index (χ0) is 25.9. The van der Waals surface area contributed by atoms with Gasteiger partial charge in [0, 0.05) is 36.3 Å². The summed E-state index contributed by atoms with van der Waals surface area (Å²) in [5.74, 6) is 7.24. The Balaban J connectivity index is 1.86. The van der Waals surface area contributed by atoms with E-state index in [4.69, 9.17) is 33.2 Å². The van der Waals surface area contributed by atoms with Crippen molar-refractivity contribution >= 4 is 36.6 Å². The van der Waals surface area contributed by atoms with Crippen LogP contribution in [0.2, 0.25) is 0 Å². The molecule has 0 radical (unpaired) electrons. The van der Waals surface area contributed by atoms with E-state index in [-0.39, 0.29) is 5.91 Å². The third kappa shape index (κ3) is 7.41. The molecule has 36 heavy (non-hydrogen) atoms. The van der Waals surface area contributed by atoms with Crippen molar-refractivity contribution in [1.82, 2.24) is 15.3 Å². The lowest BCUT2D eigenvalue weighted by atomic mass is 10.0. The molecule has 2 heterocycles. The van der Waals surface area contributed by atoms with Gasteiger partial charge in [-0.15, -0.1) is 12.6 Å². The van der Waals surface area contributed by atoms with Gasteiger partial charge in [0.1, 0.15) is 5.82 Å². The maximum absolute atomic E-state index is 12.6. The van der Waals surface area contributed by atoms with E-state index >= 15 is 0 Å². The number of thiol groups is 1. The maximum Gasteiger partial charge on any atom is 0.247 e. The van der Waals surface area contributed by atoms with E-state index in [9.17, 15) is 4.79 Å². The molecule has 1 aromatic carbocycles. The van der Waals surface area contributed by atoms with E-state index in [1.54, 1.807) is 6.21 Å². The molecule has 3 N–H and O–H groups in total. The van der Waals surface area contributed by atoms with Crippen LogP contribution in [-0.4, -0.2) is 54.9 Å². The van der Waals surface area contributed by atoms with Crippen LogP contribution in [0.15, 0.2) is 52.0 Å². The van der Waals surface area contributed by atoms with E-state index < -0.39 is 0 Å². The van der Waals surface area contributed by atoms with Gasteiger partial charge in [0.25, 0.3) is 0 Å². The molecule has 1 aliphatic rings. The third-order valence-electron chi connectivity index (χ3n) is 5.91. The number of hydrogen-bond donors (Lipinski definition) is 3. The lowest BCUT2D eigenvalue weighted by Gasteiger charge is -2.29. The van der Waals surface area contributed by atoms with E-state index in [1.165, 1.54) is 0 Å². The molecule has 9 heteroatoms. The van der Waals surface area contributed by atoms with Gasteiger partial charge in [-0.3, -0.25) is 4.79 Å². The van der Waals surface area contributed by atoms with Gasteiger partial charge in [0.05, 0.1) is 30.0 Å². The first-order valence-corrected chi connectivity index (χ1v) is 12.8. The zero-order valence-corrected chi connectivity index (χ0v) is 22.2. The van der Waals surface area contributed by atoms with Crippen molar-refractivity contribution in [2.24, 2.45) is 16.9 Å². The van der Waals surface area contributed by atoms with E-state index in [2.05, 4.69) is 29.2 Å². The summed E-state index contributed by atoms with van der Waals surface area (Å²) < 4.78 is 5.52. The summed E-state index contributed by atoms with van der Waals surface area (Å²) in [6.45, 7) is 9.30. The molecular formula is C27H36N6O2S. The first kappa shape index (κ1) is 27.4. The Morgan fingerprint density at radius 3 is 2.72 bits per heavy atom. The minimum absolute atomic E-state index is 0.0405. The quantitative estimate of drug-likeness (QED) is 0.147. The van der Waals surface area contributed by atoms with Crippen LogP contribution in [0.25, 0.3) is 17.5 Å². The van der Waals surface area contributed by atoms with Gasteiger partial charge in [-0.05, 0) is 31.8 Å². The summed E-state index contributed by atoms with van der Waals surface area (Å²) in [5, 5.41) is 6.66. The number of morpholine rings is 1. The normalized spacial score (nSPS) is 14.8. The number of allylic oxidation sites excluding steroid dienone is 1. The minimum Gasteiger partial charge on any atom is -0.378 e. The number of carbonyl (C=O) groups excluding carboxylic acids is 1. The van der Waals surface area contributed by atoms with Crippen molar-refractivity contribution in [3.05, 3.63) is 53.2 Å². The van der Waals surface area contributed by atoms with E-state index in [0.717, 1.165) is 48.4 Å². The molecule has 0 unspecified atom stereocenters. The highest BCUT2D eigenvalue weighted by molar-refractivity contribution is 7.80. The molecule has 0 spiro atoms. The number of anilines is 1. The van der Waals surface area contributed by atoms with E-state index in [0.29, 0.717) is 42.1 Å². The highest BCUT2D eigenvalue weighted by Crippen LogP contribution is 2.30. The van der Waals surface area contributed by atoms with Crippen LogP contribution in [-0.2, 0) is 9.53 Å². The summed E-state index contributed by atoms with van der Waals surface area (Å²) in [7, 11) is 0. The number of benzene rings is 1. The van der Waals surface area contributed by atoms with Gasteiger partial charge in [-0.25, -0.2) is 9.97 Å². The molecule has 1 saturated heterocycles. The second-order valence-electron chi connectivity index (χ2n) is 8.93. The number of ether oxygens (including phenoxy) is 1. The third-order valence-corrected chi connectivity index (χ3v) is 6.33. The number of amides is 1. The van der Waals surface area contributed by atoms with E-state index in [1.807, 2.05) is 49.4 Å². The average molecular weight is 509 g/mol. The van der Waals surface area contributed by atoms with Gasteiger partial charge >= 0.3 is 0 Å². The number of hydrogen-bond acceptors (Lipinski definition) is 8. The van der Waals surface area contributed by atoms with Crippen molar-refractivity contribution in [1.29, 1.82) is 0 Å². The SMILES string of the molecule is C/C=C(\CCC(C)C)C(=O)NC/C=C/c1nc(-c2ccccc2/C=N\N)nc(N2CCOCC2)c1S. The molecule has 0 saturated carbocycles. The molecule has 8 nitrogen and oxygen atoms in total. The average Bonchev–Trinajstić information content (AvgIpc) is 2.88. The van der Waals surface area contributed by atoms with Crippen LogP contribution >= 0.6 is 12.6 Å². The maximum atomic E-state index is 12.6. The molecule has 2 aromatic rings. The van der Waals surface area contributed by atoms with Crippen molar-refractivity contribution in [3.8, 4) is 11.4 Å². The van der Waals surface area contributed by atoms with Gasteiger partial charge < -0.3 is 20.8 Å². The van der Waals surface area contributed by atoms with Gasteiger partial charge in [0.2, 0.25) is 5.91 Å². The largest absolute Gasteiger partial charge is 0.378 e. The molecule has 0 atom stereocenters. The number of hydrazone groups is 1. The Labute approximate surface area is 219 Å². The Bertz CT molecular complexity index is 1120. The van der Waals surface area contributed by atoms with Crippen LogP contribution in [0.5, 0.6) is 0 Å². The van der Waals surface area contributed by atoms with Crippen LogP contribution in [0, 0.1) is 5.92 Å². The molecular weight excluding hydrogens is 472 g/mol. The topological polar surface area (TPSA) is 106 Å². The van der Waals surface area contributed by atoms with Crippen LogP contribution in [0.1, 0.15) is 44.9 Å². The second kappa shape index (κ2) is 13.8. The smallest absolute Gasteiger partial charge is 0.247 e. The van der Waals surface area contributed by atoms with Gasteiger partial charge in [-0.2, -0.15) is 5.10 Å². The van der Waals surface area contributed by atoms with Crippen molar-refractivity contribution in [3.63, 3.8) is 0 Å². The van der Waals surface area contributed by atoms with Crippen molar-refractivity contribution in [2.45, 2.75) is 38.5 Å². The van der Waals surface area contributed by atoms with Crippen LogP contribution in [0.3, 0.4) is 0 Å². The van der Waals surface area contributed by atoms with Gasteiger partial charge in [-0.1, -0.05) is 50.3 Å². The standard InChI is InChI=1S/C27H36N6O2S/c1-4-20(12-11-19(2)3)27(34)29-13-7-10-23-24(36)26(33-14-16-35-17-15-33)32-25(31-23)22-9-6-5-8-21(22)18-30-28/h4-10,18-19,36H,11-17,28H2,1-3H3,(H,29,34)/b10-7+,20-4+,30-18-.